The lowest BCUT2D eigenvalue weighted by molar-refractivity contribution is -0.145. The molecule has 0 aliphatic heterocycles. The number of hydrogen-bond acceptors (Lipinski definition) is 6. The molecule has 0 bridgehead atoms. The van der Waals surface area contributed by atoms with Gasteiger partial charge in [-0.25, -0.2) is 8.42 Å². The van der Waals surface area contributed by atoms with E-state index in [4.69, 9.17) is 10.2 Å². The molecule has 0 saturated heterocycles. The number of carboxylic acid groups (broad SMARTS) is 2. The van der Waals surface area contributed by atoms with E-state index in [1.807, 2.05) is 0 Å². The molecule has 1 heterocycles. The van der Waals surface area contributed by atoms with Gasteiger partial charge in [-0.1, -0.05) is 5.16 Å². The number of nitrogens with one attached hydrogen (secondary N) is 1. The van der Waals surface area contributed by atoms with Crippen molar-refractivity contribution in [3.05, 3.63) is 17.5 Å². The van der Waals surface area contributed by atoms with E-state index in [-0.39, 0.29) is 5.69 Å². The van der Waals surface area contributed by atoms with Gasteiger partial charge in [-0.3, -0.25) is 9.59 Å². The summed E-state index contributed by atoms with van der Waals surface area (Å²) < 4.78 is 29.8. The number of nitrogens with zero attached hydrogens (tertiary/aromatic N) is 1. The van der Waals surface area contributed by atoms with Crippen LogP contribution in [0, 0.1) is 6.92 Å². The smallest absolute Gasteiger partial charge is 0.322 e. The van der Waals surface area contributed by atoms with Crippen molar-refractivity contribution >= 4 is 22.0 Å². The highest BCUT2D eigenvalue weighted by molar-refractivity contribution is 7.88. The summed E-state index contributed by atoms with van der Waals surface area (Å²) in [5, 5.41) is 20.7. The predicted molar refractivity (Wildman–Crippen MR) is 60.7 cm³/mol. The Bertz CT molecular complexity index is 577. The van der Waals surface area contributed by atoms with E-state index in [0.717, 1.165) is 0 Å². The molecule has 1 rings (SSSR count). The van der Waals surface area contributed by atoms with Crippen LogP contribution >= 0.6 is 0 Å². The van der Waals surface area contributed by atoms with Crippen LogP contribution in [0.25, 0.3) is 0 Å². The summed E-state index contributed by atoms with van der Waals surface area (Å²) >= 11 is 0. The molecule has 0 unspecified atom stereocenters. The van der Waals surface area contributed by atoms with Crippen molar-refractivity contribution in [2.24, 2.45) is 0 Å². The van der Waals surface area contributed by atoms with Gasteiger partial charge in [0.2, 0.25) is 10.0 Å². The molecule has 3 N–H and O–H groups in total. The minimum absolute atomic E-state index is 0.101. The fourth-order valence-electron chi connectivity index (χ4n) is 1.29. The Balaban J connectivity index is 2.76. The van der Waals surface area contributed by atoms with E-state index >= 15 is 0 Å². The van der Waals surface area contributed by atoms with E-state index in [1.165, 1.54) is 6.07 Å². The lowest BCUT2D eigenvalue weighted by Crippen LogP contribution is -2.42. The van der Waals surface area contributed by atoms with Crippen LogP contribution < -0.4 is 4.72 Å². The van der Waals surface area contributed by atoms with Crippen LogP contribution in [-0.2, 0) is 25.4 Å². The third-order valence-corrected chi connectivity index (χ3v) is 3.33. The number of aromatic nitrogens is 1. The second-order valence-electron chi connectivity index (χ2n) is 3.79. The average Bonchev–Trinajstić information content (AvgIpc) is 2.60. The van der Waals surface area contributed by atoms with Gasteiger partial charge in [-0.2, -0.15) is 4.72 Å². The zero-order valence-electron chi connectivity index (χ0n) is 9.86. The molecule has 0 saturated carbocycles. The van der Waals surface area contributed by atoms with Gasteiger partial charge >= 0.3 is 11.9 Å². The molecule has 10 heteroatoms. The van der Waals surface area contributed by atoms with Crippen LogP contribution in [0.3, 0.4) is 0 Å². The molecule has 0 spiro atoms. The normalized spacial score (nSPS) is 13.1. The zero-order chi connectivity index (χ0) is 14.6. The van der Waals surface area contributed by atoms with Crippen LogP contribution in [0.5, 0.6) is 0 Å². The van der Waals surface area contributed by atoms with Crippen molar-refractivity contribution in [3.8, 4) is 0 Å². The lowest BCUT2D eigenvalue weighted by atomic mass is 10.2. The number of aliphatic carboxylic acids is 2. The molecule has 0 amide bonds. The summed E-state index contributed by atoms with van der Waals surface area (Å²) in [4.78, 5) is 21.2. The zero-order valence-corrected chi connectivity index (χ0v) is 10.7. The summed E-state index contributed by atoms with van der Waals surface area (Å²) in [6.07, 6.45) is -0.855. The van der Waals surface area contributed by atoms with Gasteiger partial charge in [0.15, 0.2) is 0 Å². The molecule has 0 fully saturated rings. The van der Waals surface area contributed by atoms with Crippen LogP contribution in [0.2, 0.25) is 0 Å². The third kappa shape index (κ3) is 5.06. The Morgan fingerprint density at radius 1 is 1.47 bits per heavy atom. The van der Waals surface area contributed by atoms with Crippen molar-refractivity contribution in [1.82, 2.24) is 9.88 Å². The Morgan fingerprint density at radius 3 is 2.53 bits per heavy atom. The van der Waals surface area contributed by atoms with Gasteiger partial charge in [0.05, 0.1) is 6.42 Å². The van der Waals surface area contributed by atoms with Crippen molar-refractivity contribution in [2.75, 3.05) is 0 Å². The van der Waals surface area contributed by atoms with E-state index in [2.05, 4.69) is 9.68 Å². The maximum atomic E-state index is 11.7. The van der Waals surface area contributed by atoms with Crippen molar-refractivity contribution < 1.29 is 32.7 Å². The second kappa shape index (κ2) is 5.80. The largest absolute Gasteiger partial charge is 0.481 e. The van der Waals surface area contributed by atoms with Crippen LogP contribution in [0.4, 0.5) is 0 Å². The van der Waals surface area contributed by atoms with E-state index in [9.17, 15) is 18.0 Å². The van der Waals surface area contributed by atoms with Gasteiger partial charge < -0.3 is 14.7 Å². The Labute approximate surface area is 108 Å². The highest BCUT2D eigenvalue weighted by atomic mass is 32.2. The molecule has 106 valence electrons. The first-order valence-electron chi connectivity index (χ1n) is 5.06. The minimum Gasteiger partial charge on any atom is -0.481 e. The highest BCUT2D eigenvalue weighted by Crippen LogP contribution is 2.07. The summed E-state index contributed by atoms with van der Waals surface area (Å²) in [7, 11) is -4.03. The van der Waals surface area contributed by atoms with Gasteiger partial charge in [0.25, 0.3) is 0 Å². The molecule has 19 heavy (non-hydrogen) atoms. The predicted octanol–water partition coefficient (Wildman–Crippen LogP) is -0.670. The monoisotopic (exact) mass is 292 g/mol. The van der Waals surface area contributed by atoms with Crippen molar-refractivity contribution in [1.29, 1.82) is 0 Å². The standard InChI is InChI=1S/C9H12N2O7S/c1-5-2-6(10-18-5)4-19(16,17)11-7(9(14)15)3-8(12)13/h2,7,11H,3-4H2,1H3,(H,12,13)(H,14,15)/t7-/m1/s1. The summed E-state index contributed by atoms with van der Waals surface area (Å²) in [6, 6.07) is -0.345. The first kappa shape index (κ1) is 15.1. The SMILES string of the molecule is Cc1cc(CS(=O)(=O)N[C@H](CC(=O)O)C(=O)O)no1. The van der Waals surface area contributed by atoms with E-state index < -0.39 is 40.2 Å². The molecular weight excluding hydrogens is 280 g/mol. The van der Waals surface area contributed by atoms with E-state index in [0.29, 0.717) is 5.76 Å². The van der Waals surface area contributed by atoms with Gasteiger partial charge in [0.1, 0.15) is 23.2 Å². The number of sulfonamides is 1. The summed E-state index contributed by atoms with van der Waals surface area (Å²) in [5.74, 6) is -3.17. The molecule has 0 aromatic carbocycles. The molecule has 1 aromatic heterocycles. The van der Waals surface area contributed by atoms with Gasteiger partial charge in [0, 0.05) is 6.07 Å². The number of carbonyl (C=O) groups is 2. The van der Waals surface area contributed by atoms with Gasteiger partial charge in [-0.15, -0.1) is 0 Å². The third-order valence-electron chi connectivity index (χ3n) is 2.01. The Kier molecular flexibility index (Phi) is 4.62. The number of hydrogen-bond donors (Lipinski definition) is 3. The molecule has 1 aromatic rings. The average molecular weight is 292 g/mol. The molecule has 0 aliphatic rings. The second-order valence-corrected chi connectivity index (χ2v) is 5.55. The van der Waals surface area contributed by atoms with E-state index in [1.54, 1.807) is 11.6 Å². The molecule has 1 atom stereocenters. The summed E-state index contributed by atoms with van der Waals surface area (Å²) in [5.41, 5.74) is 0.101. The maximum Gasteiger partial charge on any atom is 0.322 e. The Morgan fingerprint density at radius 2 is 2.11 bits per heavy atom. The van der Waals surface area contributed by atoms with Gasteiger partial charge in [-0.05, 0) is 6.92 Å². The minimum atomic E-state index is -4.03. The molecule has 0 radical (unpaired) electrons. The fraction of sp³-hybridized carbons (Fsp3) is 0.444. The Hall–Kier alpha value is -1.94. The molecule has 9 nitrogen and oxygen atoms in total. The molecular formula is C9H12N2O7S. The number of carboxylic acids is 2. The van der Waals surface area contributed by atoms with Crippen LogP contribution in [0.1, 0.15) is 17.9 Å². The van der Waals surface area contributed by atoms with Crippen LogP contribution in [-0.4, -0.2) is 41.8 Å². The first-order chi connectivity index (χ1) is 8.69. The van der Waals surface area contributed by atoms with Crippen LogP contribution in [0.15, 0.2) is 10.6 Å². The van der Waals surface area contributed by atoms with Crippen molar-refractivity contribution in [2.45, 2.75) is 25.1 Å². The number of rotatable bonds is 7. The number of aryl methyl sites for hydroxylation is 1. The lowest BCUT2D eigenvalue weighted by Gasteiger charge is -2.11. The maximum absolute atomic E-state index is 11.7. The summed E-state index contributed by atoms with van der Waals surface area (Å²) in [6.45, 7) is 1.57. The highest BCUT2D eigenvalue weighted by Gasteiger charge is 2.27. The topological polar surface area (TPSA) is 147 Å². The van der Waals surface area contributed by atoms with Crippen molar-refractivity contribution in [3.63, 3.8) is 0 Å². The first-order valence-corrected chi connectivity index (χ1v) is 6.71. The quantitative estimate of drug-likeness (QED) is 0.599. The fourth-order valence-corrected chi connectivity index (χ4v) is 2.52. The molecule has 0 aliphatic carbocycles.